The number of hydrazine groups is 1. The Labute approximate surface area is 108 Å². The molecule has 3 N–H and O–H groups in total. The molecule has 0 unspecified atom stereocenters. The van der Waals surface area contributed by atoms with Crippen molar-refractivity contribution in [1.29, 1.82) is 0 Å². The fraction of sp³-hybridized carbons (Fsp3) is 0.182. The van der Waals surface area contributed by atoms with E-state index in [0.717, 1.165) is 5.69 Å². The highest BCUT2D eigenvalue weighted by molar-refractivity contribution is 7.07. The molecule has 0 aromatic carbocycles. The normalized spacial score (nSPS) is 10.1. The summed E-state index contributed by atoms with van der Waals surface area (Å²) in [6.07, 6.45) is 1.50. The average molecular weight is 263 g/mol. The summed E-state index contributed by atoms with van der Waals surface area (Å²) in [4.78, 5) is 21.8. The molecule has 0 aliphatic carbocycles. The minimum atomic E-state index is -0.0981. The Morgan fingerprint density at radius 2 is 2.33 bits per heavy atom. The molecular formula is C11H13N5OS. The van der Waals surface area contributed by atoms with Crippen molar-refractivity contribution in [2.75, 3.05) is 12.5 Å². The maximum absolute atomic E-state index is 12.1. The Kier molecular flexibility index (Phi) is 3.85. The Bertz CT molecular complexity index is 511. The smallest absolute Gasteiger partial charge is 0.255 e. The zero-order valence-electron chi connectivity index (χ0n) is 9.83. The van der Waals surface area contributed by atoms with E-state index in [0.29, 0.717) is 17.9 Å². The van der Waals surface area contributed by atoms with Gasteiger partial charge in [0.15, 0.2) is 0 Å². The molecule has 94 valence electrons. The summed E-state index contributed by atoms with van der Waals surface area (Å²) in [5.74, 6) is 5.64. The van der Waals surface area contributed by atoms with Crippen LogP contribution in [0.3, 0.4) is 0 Å². The van der Waals surface area contributed by atoms with Gasteiger partial charge in [-0.2, -0.15) is 0 Å². The predicted molar refractivity (Wildman–Crippen MR) is 70.0 cm³/mol. The zero-order valence-corrected chi connectivity index (χ0v) is 10.6. The maximum Gasteiger partial charge on any atom is 0.255 e. The van der Waals surface area contributed by atoms with Gasteiger partial charge < -0.3 is 10.3 Å². The third-order valence-electron chi connectivity index (χ3n) is 2.39. The minimum Gasteiger partial charge on any atom is -0.336 e. The highest BCUT2D eigenvalue weighted by Crippen LogP contribution is 2.09. The molecule has 2 rings (SSSR count). The van der Waals surface area contributed by atoms with Crippen molar-refractivity contribution < 1.29 is 4.79 Å². The molecule has 6 nitrogen and oxygen atoms in total. The fourth-order valence-electron chi connectivity index (χ4n) is 1.46. The highest BCUT2D eigenvalue weighted by atomic mass is 32.1. The van der Waals surface area contributed by atoms with Gasteiger partial charge in [-0.3, -0.25) is 4.79 Å². The molecule has 2 aromatic rings. The van der Waals surface area contributed by atoms with Crippen LogP contribution in [0.5, 0.6) is 0 Å². The van der Waals surface area contributed by atoms with Crippen molar-refractivity contribution in [3.63, 3.8) is 0 Å². The molecule has 1 amide bonds. The van der Waals surface area contributed by atoms with Gasteiger partial charge in [0.05, 0.1) is 23.3 Å². The molecule has 18 heavy (non-hydrogen) atoms. The number of nitrogens with zero attached hydrogens (tertiary/aromatic N) is 3. The molecule has 0 radical (unpaired) electrons. The monoisotopic (exact) mass is 263 g/mol. The third-order valence-corrected chi connectivity index (χ3v) is 3.02. The number of nitrogen functional groups attached to an aromatic ring is 1. The first-order chi connectivity index (χ1) is 8.70. The number of carbonyl (C=O) groups is 1. The number of hydrogen-bond donors (Lipinski definition) is 2. The molecule has 0 saturated carbocycles. The Morgan fingerprint density at radius 3 is 2.89 bits per heavy atom. The number of pyridine rings is 1. The molecule has 0 atom stereocenters. The van der Waals surface area contributed by atoms with E-state index in [4.69, 9.17) is 5.84 Å². The second-order valence-corrected chi connectivity index (χ2v) is 4.44. The van der Waals surface area contributed by atoms with Gasteiger partial charge in [0.2, 0.25) is 0 Å². The third kappa shape index (κ3) is 2.82. The first-order valence-electron chi connectivity index (χ1n) is 5.26. The van der Waals surface area contributed by atoms with Crippen LogP contribution >= 0.6 is 11.3 Å². The van der Waals surface area contributed by atoms with Crippen molar-refractivity contribution >= 4 is 23.1 Å². The van der Waals surface area contributed by atoms with Gasteiger partial charge in [-0.1, -0.05) is 0 Å². The van der Waals surface area contributed by atoms with Crippen molar-refractivity contribution in [3.05, 3.63) is 40.5 Å². The summed E-state index contributed by atoms with van der Waals surface area (Å²) in [6.45, 7) is 0.485. The van der Waals surface area contributed by atoms with Gasteiger partial charge in [0, 0.05) is 18.6 Å². The van der Waals surface area contributed by atoms with Crippen LogP contribution in [0, 0.1) is 0 Å². The number of hydrogen-bond acceptors (Lipinski definition) is 6. The number of rotatable bonds is 4. The van der Waals surface area contributed by atoms with Gasteiger partial charge >= 0.3 is 0 Å². The molecule has 2 heterocycles. The number of nitrogens with two attached hydrogens (primary N) is 1. The van der Waals surface area contributed by atoms with E-state index in [1.165, 1.54) is 17.5 Å². The van der Waals surface area contributed by atoms with Crippen LogP contribution in [-0.2, 0) is 6.54 Å². The lowest BCUT2D eigenvalue weighted by atomic mass is 10.2. The van der Waals surface area contributed by atoms with Crippen LogP contribution in [-0.4, -0.2) is 27.8 Å². The largest absolute Gasteiger partial charge is 0.336 e. The predicted octanol–water partition coefficient (Wildman–Crippen LogP) is 1.10. The topological polar surface area (TPSA) is 84.1 Å². The van der Waals surface area contributed by atoms with Crippen molar-refractivity contribution in [2.24, 2.45) is 5.84 Å². The quantitative estimate of drug-likeness (QED) is 0.637. The van der Waals surface area contributed by atoms with Crippen LogP contribution in [0.1, 0.15) is 16.1 Å². The second kappa shape index (κ2) is 5.56. The zero-order chi connectivity index (χ0) is 13.0. The maximum atomic E-state index is 12.1. The number of amides is 1. The van der Waals surface area contributed by atoms with E-state index in [1.807, 2.05) is 5.38 Å². The number of thiazole rings is 1. The Morgan fingerprint density at radius 1 is 1.50 bits per heavy atom. The molecule has 0 spiro atoms. The second-order valence-electron chi connectivity index (χ2n) is 3.72. The molecule has 2 aromatic heterocycles. The van der Waals surface area contributed by atoms with E-state index in [-0.39, 0.29) is 5.91 Å². The minimum absolute atomic E-state index is 0.0981. The molecule has 0 fully saturated rings. The molecule has 0 aliphatic heterocycles. The van der Waals surface area contributed by atoms with E-state index in [2.05, 4.69) is 15.4 Å². The van der Waals surface area contributed by atoms with E-state index in [9.17, 15) is 4.79 Å². The van der Waals surface area contributed by atoms with Gasteiger partial charge in [-0.15, -0.1) is 11.3 Å². The van der Waals surface area contributed by atoms with Crippen LogP contribution in [0.4, 0.5) is 5.82 Å². The van der Waals surface area contributed by atoms with Gasteiger partial charge in [-0.05, 0) is 12.1 Å². The first-order valence-corrected chi connectivity index (χ1v) is 6.20. The summed E-state index contributed by atoms with van der Waals surface area (Å²) in [5, 5.41) is 1.92. The van der Waals surface area contributed by atoms with Crippen LogP contribution in [0.15, 0.2) is 29.2 Å². The van der Waals surface area contributed by atoms with Gasteiger partial charge in [0.25, 0.3) is 5.91 Å². The molecule has 7 heteroatoms. The highest BCUT2D eigenvalue weighted by Gasteiger charge is 2.13. The Balaban J connectivity index is 2.05. The lowest BCUT2D eigenvalue weighted by Crippen LogP contribution is -2.26. The summed E-state index contributed by atoms with van der Waals surface area (Å²) in [7, 11) is 1.73. The van der Waals surface area contributed by atoms with Crippen LogP contribution in [0.2, 0.25) is 0 Å². The molecule has 0 aliphatic rings. The number of nitrogens with one attached hydrogen (secondary N) is 1. The van der Waals surface area contributed by atoms with Crippen molar-refractivity contribution in [3.8, 4) is 0 Å². The first kappa shape index (κ1) is 12.5. The molecular weight excluding hydrogens is 250 g/mol. The number of carbonyl (C=O) groups excluding carboxylic acids is 1. The van der Waals surface area contributed by atoms with Crippen LogP contribution < -0.4 is 11.3 Å². The summed E-state index contributed by atoms with van der Waals surface area (Å²) in [6, 6.07) is 3.34. The number of anilines is 1. The lowest BCUT2D eigenvalue weighted by Gasteiger charge is -2.15. The van der Waals surface area contributed by atoms with Crippen LogP contribution in [0.25, 0.3) is 0 Å². The van der Waals surface area contributed by atoms with E-state index >= 15 is 0 Å². The number of aromatic nitrogens is 2. The standard InChI is InChI=1S/C11H13N5OS/c1-16(5-9-6-18-7-14-9)11(17)8-2-3-10(15-12)13-4-8/h2-4,6-7H,5,12H2,1H3,(H,13,15). The molecule has 0 bridgehead atoms. The molecule has 0 saturated heterocycles. The van der Waals surface area contributed by atoms with Gasteiger partial charge in [0.1, 0.15) is 5.82 Å². The van der Waals surface area contributed by atoms with Crippen molar-refractivity contribution in [1.82, 2.24) is 14.9 Å². The lowest BCUT2D eigenvalue weighted by molar-refractivity contribution is 0.0783. The van der Waals surface area contributed by atoms with Crippen molar-refractivity contribution in [2.45, 2.75) is 6.54 Å². The summed E-state index contributed by atoms with van der Waals surface area (Å²) in [5.41, 5.74) is 5.56. The van der Waals surface area contributed by atoms with E-state index < -0.39 is 0 Å². The average Bonchev–Trinajstić information content (AvgIpc) is 2.91. The SMILES string of the molecule is CN(Cc1cscn1)C(=O)c1ccc(NN)nc1. The Hall–Kier alpha value is -1.99. The summed E-state index contributed by atoms with van der Waals surface area (Å²) < 4.78 is 0. The summed E-state index contributed by atoms with van der Waals surface area (Å²) >= 11 is 1.51. The fourth-order valence-corrected chi connectivity index (χ4v) is 2.01. The van der Waals surface area contributed by atoms with E-state index in [1.54, 1.807) is 29.6 Å². The van der Waals surface area contributed by atoms with Gasteiger partial charge in [-0.25, -0.2) is 15.8 Å².